The number of carbonyl (C=O) groups is 3. The molecule has 4 rings (SSSR count). The number of fused-ring (bicyclic) bond motifs is 1. The number of Topliss-reactive ketones (excluding diaryl/α,β-unsaturated/α-hetero) is 1. The average molecular weight is 525 g/mol. The zero-order valence-corrected chi connectivity index (χ0v) is 21.8. The van der Waals surface area contributed by atoms with E-state index in [0.717, 1.165) is 5.56 Å². The van der Waals surface area contributed by atoms with Crippen LogP contribution in [0.4, 0.5) is 5.69 Å². The van der Waals surface area contributed by atoms with Crippen molar-refractivity contribution in [2.75, 3.05) is 17.5 Å². The fourth-order valence-electron chi connectivity index (χ4n) is 4.63. The molecule has 3 aromatic rings. The Morgan fingerprint density at radius 1 is 1.03 bits per heavy atom. The van der Waals surface area contributed by atoms with Crippen LogP contribution in [-0.2, 0) is 25.9 Å². The van der Waals surface area contributed by atoms with E-state index in [1.165, 1.54) is 28.6 Å². The fourth-order valence-corrected chi connectivity index (χ4v) is 6.36. The van der Waals surface area contributed by atoms with E-state index in [4.69, 9.17) is 9.47 Å². The lowest BCUT2D eigenvalue weighted by atomic mass is 10.1. The number of aromatic amines is 1. The van der Waals surface area contributed by atoms with Gasteiger partial charge in [-0.2, -0.15) is 0 Å². The van der Waals surface area contributed by atoms with Gasteiger partial charge in [0.15, 0.2) is 6.61 Å². The Bertz CT molecular complexity index is 1490. The maximum Gasteiger partial charge on any atom is 0.340 e. The monoisotopic (exact) mass is 524 g/mol. The first kappa shape index (κ1) is 26.2. The lowest BCUT2D eigenvalue weighted by Crippen LogP contribution is -2.35. The topological polar surface area (TPSA) is 123 Å². The van der Waals surface area contributed by atoms with Gasteiger partial charge in [-0.25, -0.2) is 18.0 Å². The van der Waals surface area contributed by atoms with Gasteiger partial charge >= 0.3 is 11.9 Å². The van der Waals surface area contributed by atoms with Gasteiger partial charge in [0, 0.05) is 11.7 Å². The molecule has 0 aliphatic carbocycles. The molecule has 0 bridgehead atoms. The average Bonchev–Trinajstić information content (AvgIpc) is 3.37. The van der Waals surface area contributed by atoms with Crippen LogP contribution in [0.15, 0.2) is 53.4 Å². The number of carbonyl (C=O) groups excluding carboxylic acids is 3. The van der Waals surface area contributed by atoms with E-state index >= 15 is 0 Å². The van der Waals surface area contributed by atoms with Gasteiger partial charge in [0.2, 0.25) is 5.78 Å². The maximum absolute atomic E-state index is 13.5. The summed E-state index contributed by atoms with van der Waals surface area (Å²) in [6.07, 6.45) is 0.592. The Labute approximate surface area is 215 Å². The van der Waals surface area contributed by atoms with E-state index in [9.17, 15) is 22.8 Å². The van der Waals surface area contributed by atoms with Gasteiger partial charge in [0.25, 0.3) is 10.0 Å². The minimum atomic E-state index is -3.94. The molecule has 0 spiro atoms. The molecule has 1 atom stereocenters. The Morgan fingerprint density at radius 3 is 2.49 bits per heavy atom. The van der Waals surface area contributed by atoms with Crippen molar-refractivity contribution in [2.45, 2.75) is 45.1 Å². The van der Waals surface area contributed by atoms with Crippen LogP contribution >= 0.6 is 0 Å². The lowest BCUT2D eigenvalue weighted by Gasteiger charge is -2.24. The van der Waals surface area contributed by atoms with Gasteiger partial charge in [-0.1, -0.05) is 24.3 Å². The summed E-state index contributed by atoms with van der Waals surface area (Å²) in [7, 11) is -3.94. The molecule has 1 aliphatic heterocycles. The number of H-pyrrole nitrogens is 1. The number of esters is 2. The number of aromatic nitrogens is 1. The van der Waals surface area contributed by atoms with Crippen molar-refractivity contribution >= 4 is 33.4 Å². The van der Waals surface area contributed by atoms with Crippen molar-refractivity contribution in [3.8, 4) is 0 Å². The number of para-hydroxylation sites is 1. The predicted molar refractivity (Wildman–Crippen MR) is 137 cm³/mol. The van der Waals surface area contributed by atoms with Gasteiger partial charge in [-0.3, -0.25) is 9.10 Å². The van der Waals surface area contributed by atoms with Crippen LogP contribution in [0.3, 0.4) is 0 Å². The highest BCUT2D eigenvalue weighted by atomic mass is 32.2. The number of sulfonamides is 1. The first-order chi connectivity index (χ1) is 17.6. The summed E-state index contributed by atoms with van der Waals surface area (Å²) in [5.74, 6) is -1.92. The Hall–Kier alpha value is -3.92. The largest absolute Gasteiger partial charge is 0.462 e. The fraction of sp³-hybridized carbons (Fsp3) is 0.296. The zero-order chi connectivity index (χ0) is 26.9. The highest BCUT2D eigenvalue weighted by Gasteiger charge is 2.36. The predicted octanol–water partition coefficient (Wildman–Crippen LogP) is 3.99. The highest BCUT2D eigenvalue weighted by Crippen LogP contribution is 2.36. The molecule has 0 saturated carbocycles. The second kappa shape index (κ2) is 10.2. The first-order valence-electron chi connectivity index (χ1n) is 11.8. The number of hydrogen-bond donors (Lipinski definition) is 1. The summed E-state index contributed by atoms with van der Waals surface area (Å²) in [4.78, 5) is 40.5. The molecule has 0 radical (unpaired) electrons. The number of nitrogens with zero attached hydrogens (tertiary/aromatic N) is 1. The molecule has 0 fully saturated rings. The molecule has 1 aromatic heterocycles. The summed E-state index contributed by atoms with van der Waals surface area (Å²) >= 11 is 0. The van der Waals surface area contributed by atoms with Crippen LogP contribution in [0.25, 0.3) is 0 Å². The van der Waals surface area contributed by atoms with E-state index in [1.54, 1.807) is 32.9 Å². The molecule has 2 aromatic carbocycles. The quantitative estimate of drug-likeness (QED) is 0.349. The zero-order valence-electron chi connectivity index (χ0n) is 21.0. The van der Waals surface area contributed by atoms with Crippen LogP contribution < -0.4 is 4.31 Å². The van der Waals surface area contributed by atoms with Crippen molar-refractivity contribution in [2.24, 2.45) is 0 Å². The number of ether oxygens (including phenoxy) is 2. The highest BCUT2D eigenvalue weighted by molar-refractivity contribution is 7.92. The smallest absolute Gasteiger partial charge is 0.340 e. The van der Waals surface area contributed by atoms with Crippen LogP contribution in [0, 0.1) is 13.8 Å². The molecule has 1 N–H and O–H groups in total. The van der Waals surface area contributed by atoms with Gasteiger partial charge in [0.1, 0.15) is 0 Å². The third kappa shape index (κ3) is 4.89. The minimum Gasteiger partial charge on any atom is -0.462 e. The van der Waals surface area contributed by atoms with Crippen molar-refractivity contribution in [1.29, 1.82) is 0 Å². The third-order valence-corrected chi connectivity index (χ3v) is 8.23. The van der Waals surface area contributed by atoms with Crippen molar-refractivity contribution < 1.29 is 32.3 Å². The summed E-state index contributed by atoms with van der Waals surface area (Å²) in [5.41, 5.74) is 2.85. The second-order valence-corrected chi connectivity index (χ2v) is 10.7. The molecule has 1 aliphatic rings. The van der Waals surface area contributed by atoms with E-state index < -0.39 is 34.4 Å². The normalized spacial score (nSPS) is 14.8. The number of hydrogen-bond acceptors (Lipinski definition) is 7. The molecule has 194 valence electrons. The number of benzene rings is 2. The van der Waals surface area contributed by atoms with Crippen LogP contribution in [0.1, 0.15) is 61.9 Å². The van der Waals surface area contributed by atoms with Gasteiger partial charge in [0.05, 0.1) is 34.0 Å². The molecule has 0 amide bonds. The number of nitrogens with one attached hydrogen (secondary N) is 1. The summed E-state index contributed by atoms with van der Waals surface area (Å²) < 4.78 is 38.6. The molecule has 9 nitrogen and oxygen atoms in total. The number of rotatable bonds is 8. The molecule has 0 unspecified atom stereocenters. The molecule has 0 saturated heterocycles. The van der Waals surface area contributed by atoms with Crippen LogP contribution in [-0.4, -0.2) is 50.4 Å². The van der Waals surface area contributed by atoms with Gasteiger partial charge < -0.3 is 14.5 Å². The van der Waals surface area contributed by atoms with E-state index in [2.05, 4.69) is 4.98 Å². The first-order valence-corrected chi connectivity index (χ1v) is 13.3. The standard InChI is InChI=1S/C27H28N2O7S/c1-5-35-27(32)24-17(3)25(28-18(24)4)23(30)15-36-26(31)20-10-8-11-21(14-20)37(33,34)29-16(2)13-19-9-6-7-12-22(19)29/h6-12,14,16,28H,5,13,15H2,1-4H3/t16-/m0/s1. The Morgan fingerprint density at radius 2 is 1.76 bits per heavy atom. The molecular formula is C27H28N2O7S. The number of aryl methyl sites for hydroxylation is 1. The van der Waals surface area contributed by atoms with Gasteiger partial charge in [-0.05, 0) is 69.5 Å². The van der Waals surface area contributed by atoms with E-state index in [1.807, 2.05) is 19.1 Å². The summed E-state index contributed by atoms with van der Waals surface area (Å²) in [6.45, 7) is 6.38. The number of ketones is 1. The third-order valence-electron chi connectivity index (χ3n) is 6.30. The summed E-state index contributed by atoms with van der Waals surface area (Å²) in [5, 5.41) is 0. The lowest BCUT2D eigenvalue weighted by molar-refractivity contribution is 0.0472. The SMILES string of the molecule is CCOC(=O)c1c(C)[nH]c(C(=O)COC(=O)c2cccc(S(=O)(=O)N3c4ccccc4C[C@@H]3C)c2)c1C. The Balaban J connectivity index is 1.50. The van der Waals surface area contributed by atoms with Gasteiger partial charge in [-0.15, -0.1) is 0 Å². The molecular weight excluding hydrogens is 496 g/mol. The van der Waals surface area contributed by atoms with Crippen LogP contribution in [0.2, 0.25) is 0 Å². The number of anilines is 1. The van der Waals surface area contributed by atoms with E-state index in [0.29, 0.717) is 23.4 Å². The van der Waals surface area contributed by atoms with Crippen molar-refractivity contribution in [3.05, 3.63) is 82.2 Å². The minimum absolute atomic E-state index is 0.000566. The second-order valence-electron chi connectivity index (χ2n) is 8.86. The van der Waals surface area contributed by atoms with Crippen molar-refractivity contribution in [1.82, 2.24) is 4.98 Å². The maximum atomic E-state index is 13.5. The molecule has 10 heteroatoms. The van der Waals surface area contributed by atoms with Crippen molar-refractivity contribution in [3.63, 3.8) is 0 Å². The molecule has 2 heterocycles. The Kier molecular flexibility index (Phi) is 7.22. The molecule has 37 heavy (non-hydrogen) atoms. The summed E-state index contributed by atoms with van der Waals surface area (Å²) in [6, 6.07) is 12.6. The van der Waals surface area contributed by atoms with E-state index in [-0.39, 0.29) is 34.4 Å². The van der Waals surface area contributed by atoms with Crippen LogP contribution in [0.5, 0.6) is 0 Å².